The molecule has 0 saturated heterocycles. The molecule has 190 valence electrons. The molecule has 0 N–H and O–H groups in total. The Kier molecular flexibility index (Phi) is 4.74. The maximum atomic E-state index is 14.2. The molecule has 8 rings (SSSR count). The summed E-state index contributed by atoms with van der Waals surface area (Å²) in [5.41, 5.74) is 2.77. The van der Waals surface area contributed by atoms with Crippen molar-refractivity contribution in [1.29, 1.82) is 0 Å². The van der Waals surface area contributed by atoms with E-state index in [1.165, 1.54) is 48.0 Å². The lowest BCUT2D eigenvalue weighted by molar-refractivity contribution is 0.799. The van der Waals surface area contributed by atoms with Crippen molar-refractivity contribution in [3.8, 4) is 5.69 Å². The highest BCUT2D eigenvalue weighted by molar-refractivity contribution is 6.48. The zero-order chi connectivity index (χ0) is 26.4. The van der Waals surface area contributed by atoms with Crippen LogP contribution < -0.4 is 11.1 Å². The molecule has 0 amide bonds. The molecule has 0 atom stereocenters. The first-order valence-electron chi connectivity index (χ1n) is 14.3. The molecule has 0 fully saturated rings. The SMILES string of the molecule is CCCCc1cc2c3c(=O)n(-c4ccccc4)c(=O)c3c3cc(CCCC)c4ccc5ccc1c1c5c4c3c21. The summed E-state index contributed by atoms with van der Waals surface area (Å²) in [6.07, 6.45) is 6.30. The summed E-state index contributed by atoms with van der Waals surface area (Å²) in [6.45, 7) is 4.43. The Balaban J connectivity index is 1.69. The van der Waals surface area contributed by atoms with Crippen LogP contribution in [-0.4, -0.2) is 4.57 Å². The molecule has 1 heterocycles. The van der Waals surface area contributed by atoms with Crippen molar-refractivity contribution in [3.05, 3.63) is 98.6 Å². The van der Waals surface area contributed by atoms with Crippen molar-refractivity contribution >= 4 is 64.6 Å². The topological polar surface area (TPSA) is 39.1 Å². The molecule has 1 aromatic heterocycles. The summed E-state index contributed by atoms with van der Waals surface area (Å²) in [4.78, 5) is 28.5. The summed E-state index contributed by atoms with van der Waals surface area (Å²) in [6, 6.07) is 22.9. The zero-order valence-corrected chi connectivity index (χ0v) is 22.4. The van der Waals surface area contributed by atoms with Crippen molar-refractivity contribution in [2.75, 3.05) is 0 Å². The third-order valence-corrected chi connectivity index (χ3v) is 9.04. The molecule has 3 nitrogen and oxygen atoms in total. The molecule has 0 aliphatic heterocycles. The number of hydrogen-bond donors (Lipinski definition) is 0. The van der Waals surface area contributed by atoms with Crippen molar-refractivity contribution in [1.82, 2.24) is 4.57 Å². The van der Waals surface area contributed by atoms with Crippen LogP contribution in [0.2, 0.25) is 0 Å². The minimum Gasteiger partial charge on any atom is -0.268 e. The first-order chi connectivity index (χ1) is 19.1. The second-order valence-corrected chi connectivity index (χ2v) is 11.2. The molecule has 8 aromatic rings. The normalized spacial score (nSPS) is 12.7. The van der Waals surface area contributed by atoms with Gasteiger partial charge in [0.1, 0.15) is 0 Å². The highest BCUT2D eigenvalue weighted by Crippen LogP contribution is 2.51. The van der Waals surface area contributed by atoms with E-state index >= 15 is 0 Å². The van der Waals surface area contributed by atoms with Gasteiger partial charge in [0.05, 0.1) is 16.5 Å². The average molecular weight is 508 g/mol. The summed E-state index contributed by atoms with van der Waals surface area (Å²) in [7, 11) is 0. The molecule has 0 aliphatic carbocycles. The van der Waals surface area contributed by atoms with E-state index in [-0.39, 0.29) is 11.1 Å². The van der Waals surface area contributed by atoms with E-state index in [4.69, 9.17) is 0 Å². The van der Waals surface area contributed by atoms with Crippen LogP contribution in [0, 0.1) is 0 Å². The molecule has 7 aromatic carbocycles. The summed E-state index contributed by atoms with van der Waals surface area (Å²) in [5, 5.41) is 13.0. The predicted octanol–water partition coefficient (Wildman–Crippen LogP) is 8.55. The number of aromatic nitrogens is 1. The smallest absolute Gasteiger partial charge is 0.266 e. The number of aryl methyl sites for hydroxylation is 2. The maximum Gasteiger partial charge on any atom is 0.266 e. The Labute approximate surface area is 225 Å². The second kappa shape index (κ2) is 8.13. The molecule has 39 heavy (non-hydrogen) atoms. The molecule has 0 aliphatic rings. The van der Waals surface area contributed by atoms with E-state index in [2.05, 4.69) is 50.2 Å². The van der Waals surface area contributed by atoms with Gasteiger partial charge in [0.25, 0.3) is 11.1 Å². The monoisotopic (exact) mass is 507 g/mol. The highest BCUT2D eigenvalue weighted by atomic mass is 16.2. The van der Waals surface area contributed by atoms with E-state index in [1.807, 2.05) is 30.3 Å². The van der Waals surface area contributed by atoms with E-state index in [0.29, 0.717) is 16.5 Å². The van der Waals surface area contributed by atoms with E-state index < -0.39 is 0 Å². The number of nitrogens with zero attached hydrogens (tertiary/aromatic N) is 1. The first-order valence-corrected chi connectivity index (χ1v) is 14.3. The van der Waals surface area contributed by atoms with Gasteiger partial charge in [0, 0.05) is 0 Å². The van der Waals surface area contributed by atoms with Crippen LogP contribution in [0.1, 0.15) is 50.7 Å². The number of benzene rings is 6. The number of para-hydroxylation sites is 1. The van der Waals surface area contributed by atoms with Crippen molar-refractivity contribution < 1.29 is 0 Å². The lowest BCUT2D eigenvalue weighted by Gasteiger charge is -2.12. The molecular formula is C36H29NO2. The fourth-order valence-corrected chi connectivity index (χ4v) is 7.29. The van der Waals surface area contributed by atoms with Crippen LogP contribution in [0.5, 0.6) is 0 Å². The van der Waals surface area contributed by atoms with E-state index in [1.54, 1.807) is 0 Å². The largest absolute Gasteiger partial charge is 0.268 e. The lowest BCUT2D eigenvalue weighted by atomic mass is 9.90. The van der Waals surface area contributed by atoms with Crippen LogP contribution >= 0.6 is 0 Å². The quantitative estimate of drug-likeness (QED) is 0.203. The van der Waals surface area contributed by atoms with E-state index in [9.17, 15) is 9.59 Å². The van der Waals surface area contributed by atoms with Crippen LogP contribution in [-0.2, 0) is 12.8 Å². The van der Waals surface area contributed by atoms with Crippen molar-refractivity contribution in [2.45, 2.75) is 52.4 Å². The molecular weight excluding hydrogens is 478 g/mol. The van der Waals surface area contributed by atoms with Gasteiger partial charge in [0.15, 0.2) is 0 Å². The number of hydrogen-bond acceptors (Lipinski definition) is 2. The fraction of sp³-hybridized carbons (Fsp3) is 0.222. The molecule has 0 bridgehead atoms. The van der Waals surface area contributed by atoms with Gasteiger partial charge in [-0.05, 0) is 115 Å². The van der Waals surface area contributed by atoms with Crippen LogP contribution in [0.25, 0.3) is 70.3 Å². The number of fused-ring (bicyclic) bond motifs is 3. The molecule has 0 spiro atoms. The third kappa shape index (κ3) is 2.83. The van der Waals surface area contributed by atoms with Crippen LogP contribution in [0.4, 0.5) is 0 Å². The number of rotatable bonds is 7. The number of unbranched alkanes of at least 4 members (excludes halogenated alkanes) is 2. The first kappa shape index (κ1) is 22.7. The standard InChI is InChI=1S/C36H29NO2/c1-3-5-10-21-18-26-31-29-24(21)16-14-20-15-17-25-22(11-6-4-2)19-27(32(31)30(25)28(20)29)34-33(26)35(38)37(36(34)39)23-12-8-7-9-13-23/h7-9,12-19H,3-6,10-11H2,1-2H3. The molecule has 0 saturated carbocycles. The molecule has 0 radical (unpaired) electrons. The average Bonchev–Trinajstić information content (AvgIpc) is 3.46. The van der Waals surface area contributed by atoms with Gasteiger partial charge in [-0.1, -0.05) is 69.2 Å². The van der Waals surface area contributed by atoms with Gasteiger partial charge in [-0.3, -0.25) is 9.59 Å². The van der Waals surface area contributed by atoms with Gasteiger partial charge in [-0.15, -0.1) is 0 Å². The Morgan fingerprint density at radius 2 is 1.03 bits per heavy atom. The van der Waals surface area contributed by atoms with Gasteiger partial charge >= 0.3 is 0 Å². The molecule has 0 unspecified atom stereocenters. The van der Waals surface area contributed by atoms with Gasteiger partial charge in [-0.2, -0.15) is 0 Å². The molecule has 3 heteroatoms. The van der Waals surface area contributed by atoms with Gasteiger partial charge in [-0.25, -0.2) is 4.57 Å². The Bertz CT molecular complexity index is 2140. The summed E-state index contributed by atoms with van der Waals surface area (Å²) in [5.74, 6) is 0. The lowest BCUT2D eigenvalue weighted by Crippen LogP contribution is -2.23. The Hall–Kier alpha value is -4.24. The fourth-order valence-electron chi connectivity index (χ4n) is 7.29. The van der Waals surface area contributed by atoms with Gasteiger partial charge in [0.2, 0.25) is 0 Å². The van der Waals surface area contributed by atoms with Crippen molar-refractivity contribution in [2.24, 2.45) is 0 Å². The van der Waals surface area contributed by atoms with Crippen LogP contribution in [0.3, 0.4) is 0 Å². The second-order valence-electron chi connectivity index (χ2n) is 11.2. The summed E-state index contributed by atoms with van der Waals surface area (Å²) >= 11 is 0. The predicted molar refractivity (Wildman–Crippen MR) is 165 cm³/mol. The third-order valence-electron chi connectivity index (χ3n) is 9.04. The van der Waals surface area contributed by atoms with E-state index in [0.717, 1.165) is 60.1 Å². The summed E-state index contributed by atoms with van der Waals surface area (Å²) < 4.78 is 1.39. The Morgan fingerprint density at radius 3 is 1.51 bits per heavy atom. The van der Waals surface area contributed by atoms with Crippen molar-refractivity contribution in [3.63, 3.8) is 0 Å². The highest BCUT2D eigenvalue weighted by Gasteiger charge is 2.28. The van der Waals surface area contributed by atoms with Gasteiger partial charge < -0.3 is 0 Å². The minimum absolute atomic E-state index is 0.206. The Morgan fingerprint density at radius 1 is 0.538 bits per heavy atom. The van der Waals surface area contributed by atoms with Crippen LogP contribution in [0.15, 0.2) is 76.3 Å². The zero-order valence-electron chi connectivity index (χ0n) is 22.4. The maximum absolute atomic E-state index is 14.2. The minimum atomic E-state index is -0.206.